The Morgan fingerprint density at radius 1 is 1.33 bits per heavy atom. The molecule has 1 saturated carbocycles. The minimum Gasteiger partial charge on any atom is -0.384 e. The molecule has 0 aromatic heterocycles. The first kappa shape index (κ1) is 15.2. The summed E-state index contributed by atoms with van der Waals surface area (Å²) in [6, 6.07) is 5.49. The molecule has 1 fully saturated rings. The van der Waals surface area contributed by atoms with Crippen LogP contribution in [0.4, 0.5) is 5.69 Å². The van der Waals surface area contributed by atoms with Crippen molar-refractivity contribution < 1.29 is 8.42 Å². The van der Waals surface area contributed by atoms with Gasteiger partial charge in [-0.05, 0) is 49.6 Å². The normalized spacial score (nSPS) is 25.4. The van der Waals surface area contributed by atoms with E-state index < -0.39 is 10.0 Å². The number of nitrogens with one attached hydrogen (secondary N) is 2. The molecule has 116 valence electrons. The summed E-state index contributed by atoms with van der Waals surface area (Å²) >= 11 is 1.84. The summed E-state index contributed by atoms with van der Waals surface area (Å²) in [5.41, 5.74) is 2.16. The van der Waals surface area contributed by atoms with Gasteiger partial charge in [-0.25, -0.2) is 13.1 Å². The molecule has 1 aromatic rings. The molecular weight excluding hydrogens is 304 g/mol. The molecule has 0 spiro atoms. The maximum Gasteiger partial charge on any atom is 0.240 e. The number of rotatable bonds is 4. The molecule has 1 aliphatic heterocycles. The van der Waals surface area contributed by atoms with E-state index in [-0.39, 0.29) is 6.04 Å². The van der Waals surface area contributed by atoms with Crippen LogP contribution in [0.15, 0.2) is 23.1 Å². The maximum absolute atomic E-state index is 12.5. The number of benzene rings is 1. The Morgan fingerprint density at radius 2 is 2.19 bits per heavy atom. The van der Waals surface area contributed by atoms with E-state index in [9.17, 15) is 8.42 Å². The highest BCUT2D eigenvalue weighted by atomic mass is 32.2. The fourth-order valence-corrected chi connectivity index (χ4v) is 5.33. The number of sulfonamides is 1. The SMILES string of the molecule is CSC1CCCC(NS(=O)(=O)c2ccc3c(c2)NCC3)C1. The van der Waals surface area contributed by atoms with Crippen molar-refractivity contribution >= 4 is 27.5 Å². The molecule has 1 heterocycles. The van der Waals surface area contributed by atoms with Gasteiger partial charge >= 0.3 is 0 Å². The van der Waals surface area contributed by atoms with Crippen LogP contribution in [0.3, 0.4) is 0 Å². The number of thioether (sulfide) groups is 1. The van der Waals surface area contributed by atoms with Crippen molar-refractivity contribution in [3.63, 3.8) is 0 Å². The minimum absolute atomic E-state index is 0.0717. The quantitative estimate of drug-likeness (QED) is 0.893. The smallest absolute Gasteiger partial charge is 0.240 e. The van der Waals surface area contributed by atoms with E-state index in [0.29, 0.717) is 10.1 Å². The molecule has 1 aromatic carbocycles. The molecule has 2 N–H and O–H groups in total. The zero-order chi connectivity index (χ0) is 14.9. The van der Waals surface area contributed by atoms with Gasteiger partial charge in [0, 0.05) is 23.5 Å². The molecule has 4 nitrogen and oxygen atoms in total. The van der Waals surface area contributed by atoms with Gasteiger partial charge in [0.15, 0.2) is 0 Å². The molecular formula is C15H22N2O2S2. The van der Waals surface area contributed by atoms with Crippen LogP contribution in [0.25, 0.3) is 0 Å². The minimum atomic E-state index is -3.41. The Balaban J connectivity index is 1.74. The highest BCUT2D eigenvalue weighted by Gasteiger charge is 2.26. The lowest BCUT2D eigenvalue weighted by Gasteiger charge is -2.28. The predicted octanol–water partition coefficient (Wildman–Crippen LogP) is 2.61. The summed E-state index contributed by atoms with van der Waals surface area (Å²) in [4.78, 5) is 0.377. The van der Waals surface area contributed by atoms with Gasteiger partial charge in [-0.3, -0.25) is 0 Å². The van der Waals surface area contributed by atoms with Crippen molar-refractivity contribution in [1.29, 1.82) is 0 Å². The molecule has 0 saturated heterocycles. The summed E-state index contributed by atoms with van der Waals surface area (Å²) in [7, 11) is -3.41. The second kappa shape index (κ2) is 6.18. The summed E-state index contributed by atoms with van der Waals surface area (Å²) in [5.74, 6) is 0. The van der Waals surface area contributed by atoms with Gasteiger partial charge in [0.2, 0.25) is 10.0 Å². The van der Waals surface area contributed by atoms with Crippen LogP contribution in [-0.4, -0.2) is 32.5 Å². The Bertz CT molecular complexity index is 616. The Hall–Kier alpha value is -0.720. The zero-order valence-electron chi connectivity index (χ0n) is 12.3. The topological polar surface area (TPSA) is 58.2 Å². The standard InChI is InChI=1S/C15H22N2O2S2/c1-20-13-4-2-3-12(9-13)17-21(18,19)14-6-5-11-7-8-16-15(11)10-14/h5-6,10,12-13,16-17H,2-4,7-9H2,1H3. The second-order valence-electron chi connectivity index (χ2n) is 5.84. The predicted molar refractivity (Wildman–Crippen MR) is 88.5 cm³/mol. The van der Waals surface area contributed by atoms with Crippen molar-refractivity contribution in [2.45, 2.75) is 48.3 Å². The molecule has 2 aliphatic rings. The van der Waals surface area contributed by atoms with Gasteiger partial charge in [-0.15, -0.1) is 0 Å². The third kappa shape index (κ3) is 3.38. The Morgan fingerprint density at radius 3 is 3.00 bits per heavy atom. The van der Waals surface area contributed by atoms with Crippen molar-refractivity contribution in [1.82, 2.24) is 4.72 Å². The van der Waals surface area contributed by atoms with Gasteiger partial charge in [0.1, 0.15) is 0 Å². The monoisotopic (exact) mass is 326 g/mol. The Kier molecular flexibility index (Phi) is 4.47. The average Bonchev–Trinajstić information content (AvgIpc) is 2.94. The molecule has 3 rings (SSSR count). The average molecular weight is 326 g/mol. The van der Waals surface area contributed by atoms with E-state index in [2.05, 4.69) is 16.3 Å². The number of hydrogen-bond donors (Lipinski definition) is 2. The van der Waals surface area contributed by atoms with Crippen LogP contribution in [0.2, 0.25) is 0 Å². The summed E-state index contributed by atoms with van der Waals surface area (Å²) in [6.45, 7) is 0.893. The molecule has 0 bridgehead atoms. The third-order valence-corrected chi connectivity index (χ3v) is 7.00. The highest BCUT2D eigenvalue weighted by molar-refractivity contribution is 7.99. The van der Waals surface area contributed by atoms with E-state index in [1.54, 1.807) is 12.1 Å². The first-order valence-corrected chi connectivity index (χ1v) is 10.3. The van der Waals surface area contributed by atoms with Gasteiger partial charge < -0.3 is 5.32 Å². The van der Waals surface area contributed by atoms with Gasteiger partial charge in [0.25, 0.3) is 0 Å². The van der Waals surface area contributed by atoms with E-state index in [4.69, 9.17) is 0 Å². The van der Waals surface area contributed by atoms with Crippen molar-refractivity contribution in [2.75, 3.05) is 18.1 Å². The first-order chi connectivity index (χ1) is 10.1. The lowest BCUT2D eigenvalue weighted by atomic mass is 9.96. The fourth-order valence-electron chi connectivity index (χ4n) is 3.19. The van der Waals surface area contributed by atoms with Crippen molar-refractivity contribution in [3.05, 3.63) is 23.8 Å². The van der Waals surface area contributed by atoms with E-state index in [1.807, 2.05) is 17.8 Å². The van der Waals surface area contributed by atoms with E-state index in [0.717, 1.165) is 37.9 Å². The number of hydrogen-bond acceptors (Lipinski definition) is 4. The molecule has 2 atom stereocenters. The molecule has 21 heavy (non-hydrogen) atoms. The third-order valence-electron chi connectivity index (χ3n) is 4.38. The zero-order valence-corrected chi connectivity index (χ0v) is 13.9. The maximum atomic E-state index is 12.5. The number of fused-ring (bicyclic) bond motifs is 1. The summed E-state index contributed by atoms with van der Waals surface area (Å²) in [5, 5.41) is 3.81. The van der Waals surface area contributed by atoms with Crippen LogP contribution < -0.4 is 10.0 Å². The van der Waals surface area contributed by atoms with Crippen molar-refractivity contribution in [2.24, 2.45) is 0 Å². The molecule has 0 amide bonds. The molecule has 0 radical (unpaired) electrons. The van der Waals surface area contributed by atoms with Gasteiger partial charge in [-0.2, -0.15) is 11.8 Å². The summed E-state index contributed by atoms with van der Waals surface area (Å²) < 4.78 is 28.0. The lowest BCUT2D eigenvalue weighted by Crippen LogP contribution is -2.39. The Labute approximate surface area is 131 Å². The second-order valence-corrected chi connectivity index (χ2v) is 8.69. The van der Waals surface area contributed by atoms with Crippen molar-refractivity contribution in [3.8, 4) is 0 Å². The van der Waals surface area contributed by atoms with Crippen LogP contribution in [0.1, 0.15) is 31.2 Å². The van der Waals surface area contributed by atoms with Gasteiger partial charge in [0.05, 0.1) is 4.90 Å². The summed E-state index contributed by atoms with van der Waals surface area (Å²) in [6.07, 6.45) is 7.25. The van der Waals surface area contributed by atoms with Crippen LogP contribution in [0, 0.1) is 0 Å². The lowest BCUT2D eigenvalue weighted by molar-refractivity contribution is 0.421. The van der Waals surface area contributed by atoms with Crippen LogP contribution in [0.5, 0.6) is 0 Å². The highest BCUT2D eigenvalue weighted by Crippen LogP contribution is 2.29. The van der Waals surface area contributed by atoms with Crippen LogP contribution >= 0.6 is 11.8 Å². The van der Waals surface area contributed by atoms with Crippen LogP contribution in [-0.2, 0) is 16.4 Å². The van der Waals surface area contributed by atoms with Gasteiger partial charge in [-0.1, -0.05) is 12.5 Å². The van der Waals surface area contributed by atoms with E-state index in [1.165, 1.54) is 12.0 Å². The largest absolute Gasteiger partial charge is 0.384 e. The molecule has 2 unspecified atom stereocenters. The first-order valence-electron chi connectivity index (χ1n) is 7.50. The number of anilines is 1. The molecule has 1 aliphatic carbocycles. The molecule has 6 heteroatoms. The fraction of sp³-hybridized carbons (Fsp3) is 0.600. The van der Waals surface area contributed by atoms with E-state index >= 15 is 0 Å².